The summed E-state index contributed by atoms with van der Waals surface area (Å²) in [5.74, 6) is 0. The van der Waals surface area contributed by atoms with Crippen molar-refractivity contribution in [2.45, 2.75) is 38.8 Å². The number of aromatic nitrogens is 4. The van der Waals surface area contributed by atoms with Gasteiger partial charge in [-0.1, -0.05) is 11.4 Å². The molecule has 0 radical (unpaired) electrons. The van der Waals surface area contributed by atoms with Crippen molar-refractivity contribution in [3.8, 4) is 0 Å². The van der Waals surface area contributed by atoms with Crippen LogP contribution in [0.5, 0.6) is 0 Å². The minimum Gasteiger partial charge on any atom is -0.311 e. The van der Waals surface area contributed by atoms with Crippen LogP contribution in [0.2, 0.25) is 0 Å². The van der Waals surface area contributed by atoms with Crippen molar-refractivity contribution >= 4 is 11.5 Å². The van der Waals surface area contributed by atoms with Crippen molar-refractivity contribution in [2.75, 3.05) is 7.05 Å². The lowest BCUT2D eigenvalue weighted by Gasteiger charge is -2.12. The first-order chi connectivity index (χ1) is 8.74. The standard InChI is InChI=1S/C12H19N5S/c1-4-9(2)17-6-5-10(15-17)7-11(13-3)12-8-18-16-14-12/h5-6,8-9,11,13H,4,7H2,1-3H3. The molecule has 0 aromatic carbocycles. The summed E-state index contributed by atoms with van der Waals surface area (Å²) in [5, 5.41) is 14.0. The number of likely N-dealkylation sites (N-methyl/N-ethyl adjacent to an activating group) is 1. The zero-order chi connectivity index (χ0) is 13.0. The van der Waals surface area contributed by atoms with Crippen molar-refractivity contribution < 1.29 is 0 Å². The molecule has 0 saturated carbocycles. The van der Waals surface area contributed by atoms with Crippen LogP contribution < -0.4 is 5.32 Å². The molecule has 6 heteroatoms. The van der Waals surface area contributed by atoms with E-state index < -0.39 is 0 Å². The van der Waals surface area contributed by atoms with Crippen LogP contribution in [0, 0.1) is 0 Å². The maximum absolute atomic E-state index is 4.61. The molecular formula is C12H19N5S. The van der Waals surface area contributed by atoms with Gasteiger partial charge in [-0.2, -0.15) is 5.10 Å². The number of nitrogens with one attached hydrogen (secondary N) is 1. The topological polar surface area (TPSA) is 55.6 Å². The fourth-order valence-corrected chi connectivity index (χ4v) is 2.31. The maximum Gasteiger partial charge on any atom is 0.0928 e. The number of nitrogens with zero attached hydrogens (tertiary/aromatic N) is 4. The highest BCUT2D eigenvalue weighted by molar-refractivity contribution is 7.03. The fraction of sp³-hybridized carbons (Fsp3) is 0.583. The fourth-order valence-electron chi connectivity index (χ4n) is 1.81. The van der Waals surface area contributed by atoms with Crippen molar-refractivity contribution in [3.63, 3.8) is 0 Å². The molecule has 1 N–H and O–H groups in total. The van der Waals surface area contributed by atoms with Crippen LogP contribution in [0.4, 0.5) is 0 Å². The predicted octanol–water partition coefficient (Wildman–Crippen LogP) is 2.21. The SMILES string of the molecule is CCC(C)n1ccc(CC(NC)c2csnn2)n1. The maximum atomic E-state index is 4.61. The molecule has 0 aliphatic heterocycles. The highest BCUT2D eigenvalue weighted by atomic mass is 32.1. The third-order valence-corrected chi connectivity index (χ3v) is 3.72. The largest absolute Gasteiger partial charge is 0.311 e. The van der Waals surface area contributed by atoms with Crippen molar-refractivity contribution in [1.29, 1.82) is 0 Å². The predicted molar refractivity (Wildman–Crippen MR) is 72.6 cm³/mol. The first kappa shape index (κ1) is 13.2. The van der Waals surface area contributed by atoms with Gasteiger partial charge in [-0.3, -0.25) is 4.68 Å². The summed E-state index contributed by atoms with van der Waals surface area (Å²) in [6.45, 7) is 4.35. The quantitative estimate of drug-likeness (QED) is 0.870. The summed E-state index contributed by atoms with van der Waals surface area (Å²) in [5.41, 5.74) is 2.07. The number of hydrogen-bond donors (Lipinski definition) is 1. The van der Waals surface area contributed by atoms with E-state index in [0.717, 1.165) is 24.2 Å². The van der Waals surface area contributed by atoms with Crippen LogP contribution in [0.1, 0.15) is 43.7 Å². The Hall–Kier alpha value is -1.27. The number of hydrogen-bond acceptors (Lipinski definition) is 5. The Morgan fingerprint density at radius 3 is 2.94 bits per heavy atom. The monoisotopic (exact) mass is 265 g/mol. The van der Waals surface area contributed by atoms with Gasteiger partial charge >= 0.3 is 0 Å². The molecule has 0 aliphatic rings. The van der Waals surface area contributed by atoms with E-state index in [-0.39, 0.29) is 6.04 Å². The molecule has 0 spiro atoms. The highest BCUT2D eigenvalue weighted by Gasteiger charge is 2.15. The first-order valence-electron chi connectivity index (χ1n) is 6.22. The molecule has 0 bridgehead atoms. The zero-order valence-corrected chi connectivity index (χ0v) is 11.8. The van der Waals surface area contributed by atoms with Gasteiger partial charge in [-0.05, 0) is 38.0 Å². The molecule has 98 valence electrons. The number of rotatable bonds is 6. The Balaban J connectivity index is 2.06. The van der Waals surface area contributed by atoms with Gasteiger partial charge in [0.2, 0.25) is 0 Å². The molecule has 2 rings (SSSR count). The van der Waals surface area contributed by atoms with E-state index in [2.05, 4.69) is 46.1 Å². The van der Waals surface area contributed by atoms with E-state index in [1.165, 1.54) is 11.5 Å². The van der Waals surface area contributed by atoms with Gasteiger partial charge < -0.3 is 5.32 Å². The van der Waals surface area contributed by atoms with Crippen LogP contribution in [0.15, 0.2) is 17.6 Å². The summed E-state index contributed by atoms with van der Waals surface area (Å²) in [6.07, 6.45) is 3.98. The van der Waals surface area contributed by atoms with E-state index in [1.807, 2.05) is 17.1 Å². The van der Waals surface area contributed by atoms with Crippen LogP contribution in [-0.2, 0) is 6.42 Å². The van der Waals surface area contributed by atoms with Crippen molar-refractivity contribution in [3.05, 3.63) is 29.0 Å². The average molecular weight is 265 g/mol. The summed E-state index contributed by atoms with van der Waals surface area (Å²) in [7, 11) is 1.94. The average Bonchev–Trinajstić information content (AvgIpc) is 3.05. The molecule has 2 atom stereocenters. The molecule has 0 saturated heterocycles. The van der Waals surface area contributed by atoms with Gasteiger partial charge in [0.1, 0.15) is 0 Å². The molecule has 2 heterocycles. The smallest absolute Gasteiger partial charge is 0.0928 e. The van der Waals surface area contributed by atoms with Crippen molar-refractivity contribution in [1.82, 2.24) is 24.7 Å². The molecule has 0 fully saturated rings. The molecular weight excluding hydrogens is 246 g/mol. The van der Waals surface area contributed by atoms with Gasteiger partial charge in [0.25, 0.3) is 0 Å². The third-order valence-electron chi connectivity index (χ3n) is 3.20. The van der Waals surface area contributed by atoms with E-state index in [9.17, 15) is 0 Å². The summed E-state index contributed by atoms with van der Waals surface area (Å²) in [6, 6.07) is 2.72. The molecule has 2 aromatic heterocycles. The summed E-state index contributed by atoms with van der Waals surface area (Å²) < 4.78 is 5.93. The van der Waals surface area contributed by atoms with E-state index in [0.29, 0.717) is 6.04 Å². The van der Waals surface area contributed by atoms with E-state index in [4.69, 9.17) is 0 Å². The van der Waals surface area contributed by atoms with E-state index in [1.54, 1.807) is 0 Å². The minimum absolute atomic E-state index is 0.184. The zero-order valence-electron chi connectivity index (χ0n) is 11.0. The lowest BCUT2D eigenvalue weighted by molar-refractivity contribution is 0.468. The second-order valence-corrected chi connectivity index (χ2v) is 5.03. The molecule has 0 aliphatic carbocycles. The third kappa shape index (κ3) is 2.94. The van der Waals surface area contributed by atoms with Gasteiger partial charge in [-0.15, -0.1) is 5.10 Å². The highest BCUT2D eigenvalue weighted by Crippen LogP contribution is 2.17. The van der Waals surface area contributed by atoms with Gasteiger partial charge in [0, 0.05) is 24.0 Å². The Kier molecular flexibility index (Phi) is 4.43. The van der Waals surface area contributed by atoms with Gasteiger partial charge in [0.05, 0.1) is 17.4 Å². The molecule has 2 unspecified atom stereocenters. The van der Waals surface area contributed by atoms with Crippen molar-refractivity contribution in [2.24, 2.45) is 0 Å². The Morgan fingerprint density at radius 1 is 1.50 bits per heavy atom. The Bertz CT molecular complexity index is 465. The van der Waals surface area contributed by atoms with Crippen LogP contribution in [0.3, 0.4) is 0 Å². The Morgan fingerprint density at radius 2 is 2.33 bits per heavy atom. The lowest BCUT2D eigenvalue weighted by Crippen LogP contribution is -2.19. The van der Waals surface area contributed by atoms with Gasteiger partial charge in [-0.25, -0.2) is 0 Å². The molecule has 2 aromatic rings. The second kappa shape index (κ2) is 6.06. The van der Waals surface area contributed by atoms with Gasteiger partial charge in [0.15, 0.2) is 0 Å². The van der Waals surface area contributed by atoms with Crippen LogP contribution in [0.25, 0.3) is 0 Å². The van der Waals surface area contributed by atoms with E-state index >= 15 is 0 Å². The minimum atomic E-state index is 0.184. The molecule has 18 heavy (non-hydrogen) atoms. The lowest BCUT2D eigenvalue weighted by atomic mass is 10.1. The first-order valence-corrected chi connectivity index (χ1v) is 7.06. The summed E-state index contributed by atoms with van der Waals surface area (Å²) in [4.78, 5) is 0. The second-order valence-electron chi connectivity index (χ2n) is 4.42. The van der Waals surface area contributed by atoms with Crippen LogP contribution >= 0.6 is 11.5 Å². The Labute approximate surface area is 111 Å². The normalized spacial score (nSPS) is 14.6. The molecule has 0 amide bonds. The van der Waals surface area contributed by atoms with Crippen LogP contribution in [-0.4, -0.2) is 26.4 Å². The summed E-state index contributed by atoms with van der Waals surface area (Å²) >= 11 is 1.38. The molecule has 5 nitrogen and oxygen atoms in total.